The lowest BCUT2D eigenvalue weighted by Crippen LogP contribution is -2.02. The lowest BCUT2D eigenvalue weighted by Gasteiger charge is -1.96. The monoisotopic (exact) mass is 275 g/mol. The third-order valence-corrected chi connectivity index (χ3v) is 5.27. The zero-order valence-corrected chi connectivity index (χ0v) is 11.1. The van der Waals surface area contributed by atoms with Gasteiger partial charge in [0.2, 0.25) is 5.89 Å². The Hall–Kier alpha value is -1.46. The minimum atomic E-state index is -0.234. The number of aromatic nitrogens is 1. The smallest absolute Gasteiger partial charge is 0.348 e. The summed E-state index contributed by atoms with van der Waals surface area (Å²) in [5.41, 5.74) is 0.941. The molecule has 3 nitrogen and oxygen atoms in total. The van der Waals surface area contributed by atoms with Crippen LogP contribution >= 0.6 is 22.7 Å². The fraction of sp³-hybridized carbons (Fsp3) is 0.231. The maximum Gasteiger partial charge on any atom is 0.348 e. The highest BCUT2D eigenvalue weighted by molar-refractivity contribution is 7.19. The average molecular weight is 275 g/mol. The van der Waals surface area contributed by atoms with Crippen LogP contribution in [0.1, 0.15) is 16.9 Å². The second kappa shape index (κ2) is 3.76. The second-order valence-electron chi connectivity index (χ2n) is 4.32. The number of thiophene rings is 2. The molecule has 0 unspecified atom stereocenters. The van der Waals surface area contributed by atoms with E-state index in [-0.39, 0.29) is 5.63 Å². The van der Waals surface area contributed by atoms with Crippen molar-refractivity contribution in [2.24, 2.45) is 0 Å². The maximum absolute atomic E-state index is 12.1. The molecule has 0 aromatic carbocycles. The van der Waals surface area contributed by atoms with Gasteiger partial charge in [-0.15, -0.1) is 22.7 Å². The average Bonchev–Trinajstić information content (AvgIpc) is 3.04. The minimum absolute atomic E-state index is 0.234. The molecule has 0 saturated carbocycles. The molecule has 0 atom stereocenters. The Bertz CT molecular complexity index is 783. The third-order valence-electron chi connectivity index (χ3n) is 3.23. The van der Waals surface area contributed by atoms with Gasteiger partial charge in [0.1, 0.15) is 10.2 Å². The summed E-state index contributed by atoms with van der Waals surface area (Å²) in [7, 11) is 0. The van der Waals surface area contributed by atoms with E-state index in [2.05, 4.69) is 4.98 Å². The number of hydrogen-bond acceptors (Lipinski definition) is 5. The highest BCUT2D eigenvalue weighted by Crippen LogP contribution is 2.35. The van der Waals surface area contributed by atoms with Gasteiger partial charge in [0, 0.05) is 4.88 Å². The molecule has 0 bridgehead atoms. The van der Waals surface area contributed by atoms with E-state index in [0.29, 0.717) is 11.3 Å². The summed E-state index contributed by atoms with van der Waals surface area (Å²) < 4.78 is 5.37. The fourth-order valence-corrected chi connectivity index (χ4v) is 4.33. The molecular formula is C13H9NO2S2. The largest absolute Gasteiger partial charge is 0.402 e. The summed E-state index contributed by atoms with van der Waals surface area (Å²) in [6.45, 7) is 0. The molecule has 3 aromatic rings. The normalized spacial score (nSPS) is 14.2. The lowest BCUT2D eigenvalue weighted by molar-refractivity contribution is 0.520. The molecule has 1 aliphatic carbocycles. The molecule has 18 heavy (non-hydrogen) atoms. The van der Waals surface area contributed by atoms with Crippen molar-refractivity contribution < 1.29 is 4.42 Å². The van der Waals surface area contributed by atoms with Gasteiger partial charge >= 0.3 is 5.63 Å². The molecule has 0 spiro atoms. The Morgan fingerprint density at radius 2 is 2.28 bits per heavy atom. The number of nitrogens with zero attached hydrogens (tertiary/aromatic N) is 1. The van der Waals surface area contributed by atoms with Gasteiger partial charge in [-0.05, 0) is 36.3 Å². The van der Waals surface area contributed by atoms with Crippen molar-refractivity contribution >= 4 is 32.9 Å². The number of rotatable bonds is 1. The van der Waals surface area contributed by atoms with Gasteiger partial charge in [0.15, 0.2) is 0 Å². The van der Waals surface area contributed by atoms with E-state index in [1.807, 2.05) is 17.5 Å². The van der Waals surface area contributed by atoms with Gasteiger partial charge in [-0.3, -0.25) is 0 Å². The molecule has 1 aliphatic rings. The molecule has 3 heterocycles. The van der Waals surface area contributed by atoms with Crippen LogP contribution in [0.2, 0.25) is 0 Å². The van der Waals surface area contributed by atoms with E-state index in [0.717, 1.165) is 29.0 Å². The highest BCUT2D eigenvalue weighted by atomic mass is 32.1. The molecule has 90 valence electrons. The topological polar surface area (TPSA) is 43.1 Å². The van der Waals surface area contributed by atoms with Crippen LogP contribution in [0.15, 0.2) is 26.7 Å². The molecule has 0 radical (unpaired) electrons. The Kier molecular flexibility index (Phi) is 2.19. The van der Waals surface area contributed by atoms with Gasteiger partial charge in [-0.25, -0.2) is 9.78 Å². The maximum atomic E-state index is 12.1. The summed E-state index contributed by atoms with van der Waals surface area (Å²) in [6.07, 6.45) is 3.20. The first kappa shape index (κ1) is 10.5. The van der Waals surface area contributed by atoms with Crippen molar-refractivity contribution in [1.82, 2.24) is 4.98 Å². The zero-order valence-electron chi connectivity index (χ0n) is 9.43. The Morgan fingerprint density at radius 1 is 1.33 bits per heavy atom. The lowest BCUT2D eigenvalue weighted by atomic mass is 10.2. The van der Waals surface area contributed by atoms with E-state index in [9.17, 15) is 4.79 Å². The van der Waals surface area contributed by atoms with Crippen LogP contribution in [0.4, 0.5) is 0 Å². The van der Waals surface area contributed by atoms with Crippen LogP contribution in [0.3, 0.4) is 0 Å². The zero-order chi connectivity index (χ0) is 12.1. The summed E-state index contributed by atoms with van der Waals surface area (Å²) in [5, 5.41) is 2.67. The van der Waals surface area contributed by atoms with Gasteiger partial charge in [-0.2, -0.15) is 0 Å². The third kappa shape index (κ3) is 1.41. The Labute approximate surface area is 111 Å². The fourth-order valence-electron chi connectivity index (χ4n) is 2.44. The van der Waals surface area contributed by atoms with Crippen LogP contribution in [-0.2, 0) is 12.8 Å². The quantitative estimate of drug-likeness (QED) is 0.683. The van der Waals surface area contributed by atoms with E-state index < -0.39 is 0 Å². The predicted octanol–water partition coefficient (Wildman–Crippen LogP) is 3.47. The van der Waals surface area contributed by atoms with E-state index in [1.165, 1.54) is 21.8 Å². The first-order chi connectivity index (χ1) is 8.83. The Balaban J connectivity index is 2.03. The molecular weight excluding hydrogens is 266 g/mol. The number of fused-ring (bicyclic) bond motifs is 3. The van der Waals surface area contributed by atoms with Crippen molar-refractivity contribution in [3.63, 3.8) is 0 Å². The second-order valence-corrected chi connectivity index (χ2v) is 6.35. The van der Waals surface area contributed by atoms with Gasteiger partial charge < -0.3 is 4.42 Å². The molecule has 3 aromatic heterocycles. The van der Waals surface area contributed by atoms with E-state index in [4.69, 9.17) is 4.42 Å². The highest BCUT2D eigenvalue weighted by Gasteiger charge is 2.22. The van der Waals surface area contributed by atoms with E-state index >= 15 is 0 Å². The molecule has 5 heteroatoms. The van der Waals surface area contributed by atoms with Crippen LogP contribution in [-0.4, -0.2) is 4.98 Å². The van der Waals surface area contributed by atoms with Crippen LogP contribution in [0.5, 0.6) is 0 Å². The number of aryl methyl sites for hydroxylation is 2. The van der Waals surface area contributed by atoms with Crippen molar-refractivity contribution in [3.05, 3.63) is 38.4 Å². The minimum Gasteiger partial charge on any atom is -0.402 e. The standard InChI is InChI=1S/C13H9NO2S2/c15-13-10-7-3-1-4-8(7)18-12(10)14-11(16-13)9-5-2-6-17-9/h2,5-6H,1,3-4H2. The van der Waals surface area contributed by atoms with Crippen molar-refractivity contribution in [1.29, 1.82) is 0 Å². The molecule has 0 saturated heterocycles. The van der Waals surface area contributed by atoms with Crippen LogP contribution in [0, 0.1) is 0 Å². The first-order valence-electron chi connectivity index (χ1n) is 5.82. The van der Waals surface area contributed by atoms with Crippen LogP contribution in [0.25, 0.3) is 21.0 Å². The molecule has 0 fully saturated rings. The summed E-state index contributed by atoms with van der Waals surface area (Å²) in [5.74, 6) is 0.447. The summed E-state index contributed by atoms with van der Waals surface area (Å²) >= 11 is 3.18. The van der Waals surface area contributed by atoms with Crippen molar-refractivity contribution in [3.8, 4) is 10.8 Å². The molecule has 4 rings (SSSR count). The Morgan fingerprint density at radius 3 is 3.11 bits per heavy atom. The molecule has 0 N–H and O–H groups in total. The van der Waals surface area contributed by atoms with E-state index in [1.54, 1.807) is 11.3 Å². The number of hydrogen-bond donors (Lipinski definition) is 0. The van der Waals surface area contributed by atoms with Crippen molar-refractivity contribution in [2.45, 2.75) is 19.3 Å². The predicted molar refractivity (Wildman–Crippen MR) is 73.5 cm³/mol. The van der Waals surface area contributed by atoms with Crippen LogP contribution < -0.4 is 5.63 Å². The summed E-state index contributed by atoms with van der Waals surface area (Å²) in [4.78, 5) is 19.7. The summed E-state index contributed by atoms with van der Waals surface area (Å²) in [6, 6.07) is 3.85. The van der Waals surface area contributed by atoms with Gasteiger partial charge in [0.25, 0.3) is 0 Å². The molecule has 0 aliphatic heterocycles. The molecule has 0 amide bonds. The van der Waals surface area contributed by atoms with Crippen molar-refractivity contribution in [2.75, 3.05) is 0 Å². The first-order valence-corrected chi connectivity index (χ1v) is 7.52. The van der Waals surface area contributed by atoms with Gasteiger partial charge in [-0.1, -0.05) is 6.07 Å². The van der Waals surface area contributed by atoms with Gasteiger partial charge in [0.05, 0.1) is 4.88 Å². The SMILES string of the molecule is O=c1oc(-c2cccs2)nc2sc3c(c12)CCC3.